The third kappa shape index (κ3) is 3.25. The average Bonchev–Trinajstić information content (AvgIpc) is 3.09. The summed E-state index contributed by atoms with van der Waals surface area (Å²) in [7, 11) is 0. The lowest BCUT2D eigenvalue weighted by atomic mass is 10.1. The number of benzene rings is 1. The number of thioether (sulfide) groups is 1. The summed E-state index contributed by atoms with van der Waals surface area (Å²) < 4.78 is 11.0. The van der Waals surface area contributed by atoms with Gasteiger partial charge in [-0.25, -0.2) is 0 Å². The number of ether oxygens (including phenoxy) is 1. The van der Waals surface area contributed by atoms with E-state index in [0.29, 0.717) is 12.2 Å². The standard InChI is InChI=1S/C16H19NO2S/c1-12-7-8-15(19-12)11-20-10-14-9-18-17-16(14)13-5-3-2-4-6-13/h2-6,9,12,15H,7-8,10-11H2,1H3. The number of aromatic nitrogens is 1. The Hall–Kier alpha value is -1.26. The summed E-state index contributed by atoms with van der Waals surface area (Å²) in [5.41, 5.74) is 3.23. The Labute approximate surface area is 123 Å². The molecule has 0 N–H and O–H groups in total. The van der Waals surface area contributed by atoms with Crippen molar-refractivity contribution in [3.63, 3.8) is 0 Å². The van der Waals surface area contributed by atoms with Crippen molar-refractivity contribution in [2.24, 2.45) is 0 Å². The van der Waals surface area contributed by atoms with Crippen molar-refractivity contribution in [3.05, 3.63) is 42.2 Å². The topological polar surface area (TPSA) is 35.3 Å². The van der Waals surface area contributed by atoms with E-state index in [0.717, 1.165) is 28.3 Å². The lowest BCUT2D eigenvalue weighted by molar-refractivity contribution is 0.0700. The molecule has 0 spiro atoms. The quantitative estimate of drug-likeness (QED) is 0.828. The molecule has 4 heteroatoms. The summed E-state index contributed by atoms with van der Waals surface area (Å²) in [4.78, 5) is 0. The molecule has 1 aromatic heterocycles. The molecule has 0 aliphatic carbocycles. The van der Waals surface area contributed by atoms with Crippen molar-refractivity contribution in [3.8, 4) is 11.3 Å². The largest absolute Gasteiger partial charge is 0.374 e. The van der Waals surface area contributed by atoms with Gasteiger partial charge >= 0.3 is 0 Å². The highest BCUT2D eigenvalue weighted by atomic mass is 32.2. The Kier molecular flexibility index (Phi) is 4.43. The first-order chi connectivity index (χ1) is 9.83. The van der Waals surface area contributed by atoms with Crippen LogP contribution < -0.4 is 0 Å². The van der Waals surface area contributed by atoms with E-state index >= 15 is 0 Å². The third-order valence-corrected chi connectivity index (χ3v) is 4.69. The molecule has 0 saturated carbocycles. The van der Waals surface area contributed by atoms with Gasteiger partial charge < -0.3 is 9.26 Å². The van der Waals surface area contributed by atoms with Gasteiger partial charge in [-0.05, 0) is 19.8 Å². The van der Waals surface area contributed by atoms with Crippen LogP contribution in [0.1, 0.15) is 25.3 Å². The van der Waals surface area contributed by atoms with Crippen molar-refractivity contribution in [1.82, 2.24) is 5.16 Å². The highest BCUT2D eigenvalue weighted by Gasteiger charge is 2.21. The van der Waals surface area contributed by atoms with Gasteiger partial charge in [0.1, 0.15) is 12.0 Å². The molecule has 1 fully saturated rings. The molecular formula is C16H19NO2S. The Morgan fingerprint density at radius 3 is 2.85 bits per heavy atom. The zero-order chi connectivity index (χ0) is 13.8. The van der Waals surface area contributed by atoms with Gasteiger partial charge in [0.15, 0.2) is 0 Å². The van der Waals surface area contributed by atoms with Crippen molar-refractivity contribution in [2.45, 2.75) is 37.7 Å². The van der Waals surface area contributed by atoms with E-state index in [2.05, 4.69) is 24.2 Å². The van der Waals surface area contributed by atoms with Crippen molar-refractivity contribution >= 4 is 11.8 Å². The van der Waals surface area contributed by atoms with E-state index in [1.54, 1.807) is 6.26 Å². The third-order valence-electron chi connectivity index (χ3n) is 3.57. The van der Waals surface area contributed by atoms with Gasteiger partial charge in [-0.15, -0.1) is 0 Å². The molecule has 1 aliphatic rings. The first kappa shape index (κ1) is 13.7. The van der Waals surface area contributed by atoms with Crippen LogP contribution in [0.25, 0.3) is 11.3 Å². The van der Waals surface area contributed by atoms with Gasteiger partial charge in [-0.1, -0.05) is 35.5 Å². The first-order valence-electron chi connectivity index (χ1n) is 7.05. The van der Waals surface area contributed by atoms with E-state index in [9.17, 15) is 0 Å². The van der Waals surface area contributed by atoms with Crippen molar-refractivity contribution in [1.29, 1.82) is 0 Å². The molecule has 106 valence electrons. The molecule has 0 radical (unpaired) electrons. The first-order valence-corrected chi connectivity index (χ1v) is 8.20. The zero-order valence-electron chi connectivity index (χ0n) is 11.6. The second-order valence-electron chi connectivity index (χ2n) is 5.22. The number of hydrogen-bond donors (Lipinski definition) is 0. The van der Waals surface area contributed by atoms with Crippen LogP contribution in [0.4, 0.5) is 0 Å². The minimum Gasteiger partial charge on any atom is -0.374 e. The van der Waals surface area contributed by atoms with Gasteiger partial charge in [0, 0.05) is 22.6 Å². The van der Waals surface area contributed by atoms with Gasteiger partial charge in [-0.3, -0.25) is 0 Å². The minimum atomic E-state index is 0.412. The molecule has 3 nitrogen and oxygen atoms in total. The van der Waals surface area contributed by atoms with Crippen LogP contribution in [-0.4, -0.2) is 23.1 Å². The number of rotatable bonds is 5. The Balaban J connectivity index is 1.57. The Morgan fingerprint density at radius 2 is 2.10 bits per heavy atom. The monoisotopic (exact) mass is 289 g/mol. The molecule has 2 heterocycles. The zero-order valence-corrected chi connectivity index (χ0v) is 12.4. The summed E-state index contributed by atoms with van der Waals surface area (Å²) in [6, 6.07) is 10.2. The normalized spacial score (nSPS) is 22.2. The number of nitrogens with zero attached hydrogens (tertiary/aromatic N) is 1. The van der Waals surface area contributed by atoms with E-state index in [1.165, 1.54) is 12.8 Å². The van der Waals surface area contributed by atoms with E-state index in [1.807, 2.05) is 30.0 Å². The highest BCUT2D eigenvalue weighted by molar-refractivity contribution is 7.98. The highest BCUT2D eigenvalue weighted by Crippen LogP contribution is 2.28. The van der Waals surface area contributed by atoms with Crippen LogP contribution in [-0.2, 0) is 10.5 Å². The van der Waals surface area contributed by atoms with Crippen LogP contribution >= 0.6 is 11.8 Å². The van der Waals surface area contributed by atoms with E-state index in [4.69, 9.17) is 9.26 Å². The summed E-state index contributed by atoms with van der Waals surface area (Å²) >= 11 is 1.89. The lowest BCUT2D eigenvalue weighted by Crippen LogP contribution is -2.10. The van der Waals surface area contributed by atoms with Crippen LogP contribution in [0.2, 0.25) is 0 Å². The predicted octanol–water partition coefficient (Wildman–Crippen LogP) is 4.14. The second-order valence-corrected chi connectivity index (χ2v) is 6.25. The maximum absolute atomic E-state index is 5.84. The van der Waals surface area contributed by atoms with Crippen LogP contribution in [0, 0.1) is 0 Å². The molecule has 1 aromatic carbocycles. The van der Waals surface area contributed by atoms with E-state index in [-0.39, 0.29) is 0 Å². The molecule has 0 bridgehead atoms. The van der Waals surface area contributed by atoms with Gasteiger partial charge in [-0.2, -0.15) is 11.8 Å². The fraction of sp³-hybridized carbons (Fsp3) is 0.438. The van der Waals surface area contributed by atoms with Gasteiger partial charge in [0.05, 0.1) is 12.2 Å². The lowest BCUT2D eigenvalue weighted by Gasteiger charge is -2.10. The predicted molar refractivity (Wildman–Crippen MR) is 81.7 cm³/mol. The van der Waals surface area contributed by atoms with Crippen LogP contribution in [0.3, 0.4) is 0 Å². The maximum atomic E-state index is 5.84. The van der Waals surface area contributed by atoms with Crippen LogP contribution in [0.15, 0.2) is 41.1 Å². The van der Waals surface area contributed by atoms with Gasteiger partial charge in [0.2, 0.25) is 0 Å². The molecule has 2 unspecified atom stereocenters. The molecular weight excluding hydrogens is 270 g/mol. The van der Waals surface area contributed by atoms with Crippen molar-refractivity contribution < 1.29 is 9.26 Å². The summed E-state index contributed by atoms with van der Waals surface area (Å²) in [5, 5.41) is 4.13. The number of hydrogen-bond acceptors (Lipinski definition) is 4. The Morgan fingerprint density at radius 1 is 1.25 bits per heavy atom. The second kappa shape index (κ2) is 6.46. The molecule has 2 aromatic rings. The van der Waals surface area contributed by atoms with Crippen molar-refractivity contribution in [2.75, 3.05) is 5.75 Å². The molecule has 0 amide bonds. The molecule has 1 saturated heterocycles. The average molecular weight is 289 g/mol. The maximum Gasteiger partial charge on any atom is 0.128 e. The minimum absolute atomic E-state index is 0.412. The Bertz CT molecular complexity index is 540. The fourth-order valence-electron chi connectivity index (χ4n) is 2.50. The SMILES string of the molecule is CC1CCC(CSCc2conc2-c2ccccc2)O1. The summed E-state index contributed by atoms with van der Waals surface area (Å²) in [6.45, 7) is 2.15. The summed E-state index contributed by atoms with van der Waals surface area (Å²) in [5.74, 6) is 1.96. The molecule has 20 heavy (non-hydrogen) atoms. The summed E-state index contributed by atoms with van der Waals surface area (Å²) in [6.07, 6.45) is 4.97. The fourth-order valence-corrected chi connectivity index (χ4v) is 3.55. The van der Waals surface area contributed by atoms with E-state index < -0.39 is 0 Å². The van der Waals surface area contributed by atoms with Gasteiger partial charge in [0.25, 0.3) is 0 Å². The smallest absolute Gasteiger partial charge is 0.128 e. The van der Waals surface area contributed by atoms with Crippen LogP contribution in [0.5, 0.6) is 0 Å². The molecule has 1 aliphatic heterocycles. The molecule has 3 rings (SSSR count). The molecule has 2 atom stereocenters.